The zero-order valence-corrected chi connectivity index (χ0v) is 43.0. The summed E-state index contributed by atoms with van der Waals surface area (Å²) in [6.45, 7) is 1.07. The van der Waals surface area contributed by atoms with Crippen LogP contribution in [-0.4, -0.2) is 64.8 Å². The molecule has 10 nitrogen and oxygen atoms in total. The van der Waals surface area contributed by atoms with Crippen LogP contribution >= 0.6 is 0 Å². The molecule has 9 N–H and O–H groups in total. The molecule has 0 radical (unpaired) electrons. The minimum Gasteiger partial charge on any atom is -0.507 e. The van der Waals surface area contributed by atoms with Gasteiger partial charge in [0, 0.05) is 46.4 Å². The van der Waals surface area contributed by atoms with Crippen LogP contribution in [0.1, 0.15) is 162 Å². The van der Waals surface area contributed by atoms with Gasteiger partial charge >= 0.3 is 0 Å². The molecular weight excluding hydrogens is 921 g/mol. The zero-order valence-electron chi connectivity index (χ0n) is 43.0. The standard InChI is InChI=1S/C64H76N4O6/c69-49-20-14-40(32-52(49)72)13-18-44-45-8-3-9-50(70)54(45)56(74)55(73)46(44)19-12-39-10-15-41(16-11-39)48-34-60(30-31-67-61(37-60)27-26-59(36-61)22-1-2-23-59)47-33-43-7-5-25-63(43)29-28-62-24-4-6-42(62)17-21-51(71)57(62)64(63,58(47)68-48)53-35-65-38-66-53/h3,8-11,13-18,20-21,32,35,38,42-43,47-48,51,57-58,67-74H,1-2,4-7,12,19,22-31,33-34,36-37H2,(H,65,66)/b18-13+/t42-,43+,47-,48-,51-,57+,58-,60-,61-,62+,63-,64-/m1/s1. The molecule has 0 unspecified atom stereocenters. The number of piperidine rings is 2. The van der Waals surface area contributed by atoms with E-state index in [4.69, 9.17) is 4.98 Å². The predicted octanol–water partition coefficient (Wildman–Crippen LogP) is 12.2. The summed E-state index contributed by atoms with van der Waals surface area (Å²) in [5.74, 6) is 0.531. The van der Waals surface area contributed by atoms with E-state index in [1.807, 2.05) is 18.5 Å². The average Bonchev–Trinajstić information content (AvgIpc) is 4.40. The minimum absolute atomic E-state index is 0.0689. The predicted molar refractivity (Wildman–Crippen MR) is 289 cm³/mol. The second kappa shape index (κ2) is 17.1. The van der Waals surface area contributed by atoms with E-state index in [0.717, 1.165) is 18.5 Å². The van der Waals surface area contributed by atoms with Crippen molar-refractivity contribution in [2.45, 2.75) is 164 Å². The molecule has 7 aliphatic carbocycles. The third kappa shape index (κ3) is 6.74. The number of aliphatic hydroxyl groups excluding tert-OH is 1. The van der Waals surface area contributed by atoms with Gasteiger partial charge in [-0.15, -0.1) is 0 Å². The van der Waals surface area contributed by atoms with Crippen molar-refractivity contribution in [3.05, 3.63) is 119 Å². The van der Waals surface area contributed by atoms with Gasteiger partial charge < -0.3 is 46.3 Å². The number of aromatic hydroxyl groups is 5. The van der Waals surface area contributed by atoms with Crippen LogP contribution in [0.15, 0.2) is 85.3 Å². The Morgan fingerprint density at radius 2 is 1.58 bits per heavy atom. The summed E-state index contributed by atoms with van der Waals surface area (Å²) in [5, 5.41) is 76.9. The zero-order chi connectivity index (χ0) is 50.2. The van der Waals surface area contributed by atoms with E-state index in [0.29, 0.717) is 58.1 Å². The Bertz CT molecular complexity index is 3050. The summed E-state index contributed by atoms with van der Waals surface area (Å²) in [7, 11) is 0. The number of aromatic nitrogens is 2. The number of H-pyrrole nitrogens is 1. The molecule has 0 bridgehead atoms. The van der Waals surface area contributed by atoms with Crippen molar-refractivity contribution in [2.75, 3.05) is 6.54 Å². The first kappa shape index (κ1) is 47.2. The van der Waals surface area contributed by atoms with E-state index >= 15 is 0 Å². The van der Waals surface area contributed by atoms with Gasteiger partial charge in [-0.25, -0.2) is 4.98 Å². The molecule has 74 heavy (non-hydrogen) atoms. The van der Waals surface area contributed by atoms with E-state index in [1.165, 1.54) is 145 Å². The van der Waals surface area contributed by atoms with Crippen molar-refractivity contribution < 1.29 is 30.6 Å². The van der Waals surface area contributed by atoms with E-state index in [2.05, 4.69) is 58.2 Å². The van der Waals surface area contributed by atoms with Crippen LogP contribution in [0.3, 0.4) is 0 Å². The van der Waals surface area contributed by atoms with Gasteiger partial charge in [-0.1, -0.05) is 92.5 Å². The smallest absolute Gasteiger partial charge is 0.169 e. The van der Waals surface area contributed by atoms with Crippen LogP contribution in [0, 0.1) is 45.3 Å². The minimum atomic E-state index is -0.509. The molecule has 388 valence electrons. The number of allylic oxidation sites excluding steroid dienone is 1. The van der Waals surface area contributed by atoms with Crippen LogP contribution in [-0.2, 0) is 18.3 Å². The fraction of sp³-hybridized carbons (Fsp3) is 0.547. The van der Waals surface area contributed by atoms with Crippen molar-refractivity contribution in [1.29, 1.82) is 0 Å². The number of nitrogens with one attached hydrogen (secondary N) is 3. The molecule has 10 heteroatoms. The molecule has 0 amide bonds. The van der Waals surface area contributed by atoms with Gasteiger partial charge in [0.25, 0.3) is 0 Å². The first-order chi connectivity index (χ1) is 35.9. The Hall–Kier alpha value is -5.29. The van der Waals surface area contributed by atoms with E-state index in [1.54, 1.807) is 18.2 Å². The summed E-state index contributed by atoms with van der Waals surface area (Å²) >= 11 is 0. The van der Waals surface area contributed by atoms with Gasteiger partial charge in [0.05, 0.1) is 17.8 Å². The lowest BCUT2D eigenvalue weighted by Gasteiger charge is -2.75. The van der Waals surface area contributed by atoms with Gasteiger partial charge in [-0.05, 0) is 201 Å². The summed E-state index contributed by atoms with van der Waals surface area (Å²) in [6.07, 6.45) is 37.2. The van der Waals surface area contributed by atoms with Gasteiger partial charge in [0.2, 0.25) is 0 Å². The van der Waals surface area contributed by atoms with Gasteiger partial charge in [-0.2, -0.15) is 0 Å². The maximum atomic E-state index is 13.0. The number of benzene rings is 4. The van der Waals surface area contributed by atoms with E-state index in [-0.39, 0.29) is 79.3 Å². The first-order valence-electron chi connectivity index (χ1n) is 28.8. The molecule has 9 aliphatic rings. The van der Waals surface area contributed by atoms with Crippen molar-refractivity contribution in [2.24, 2.45) is 45.3 Å². The van der Waals surface area contributed by atoms with Crippen molar-refractivity contribution in [1.82, 2.24) is 20.6 Å². The molecule has 5 spiro atoms. The van der Waals surface area contributed by atoms with Crippen LogP contribution in [0.5, 0.6) is 28.7 Å². The lowest BCUT2D eigenvalue weighted by molar-refractivity contribution is -0.218. The number of aryl methyl sites for hydroxylation is 1. The van der Waals surface area contributed by atoms with Gasteiger partial charge in [0.15, 0.2) is 23.0 Å². The van der Waals surface area contributed by atoms with Crippen LogP contribution < -0.4 is 10.6 Å². The summed E-state index contributed by atoms with van der Waals surface area (Å²) < 4.78 is 0. The summed E-state index contributed by atoms with van der Waals surface area (Å²) in [4.78, 5) is 8.82. The fourth-order valence-electron chi connectivity index (χ4n) is 20.4. The number of aromatic amines is 1. The van der Waals surface area contributed by atoms with Gasteiger partial charge in [0.1, 0.15) is 5.75 Å². The number of aliphatic hydroxyl groups is 1. The SMILES string of the molecule is Oc1ccc(/C=C/c2c(CCc3ccc([C@H]4C[C@@]5(CCN[C@@]6(CCC7(CCCC7)C6)C5)[C@@H]5C[C@@H]6CCC[C@@]67CC[C@@]68CCC[C@@H]6C=C[C@@H](O)[C@@H]8[C@]7(c6cnc[nH]6)[C@@H]5N4)cc3)c(O)c(O)c3c(O)cccc23)cc1O. The third-order valence-electron chi connectivity index (χ3n) is 23.1. The number of fused-ring (bicyclic) bond motifs is 5. The molecule has 6 saturated carbocycles. The number of phenols is 5. The monoisotopic (exact) mass is 997 g/mol. The lowest BCUT2D eigenvalue weighted by Crippen LogP contribution is -2.78. The molecule has 2 saturated heterocycles. The van der Waals surface area contributed by atoms with Gasteiger partial charge in [-0.3, -0.25) is 0 Å². The molecule has 3 heterocycles. The normalized spacial score (nSPS) is 37.7. The Morgan fingerprint density at radius 1 is 0.730 bits per heavy atom. The Kier molecular flexibility index (Phi) is 10.9. The van der Waals surface area contributed by atoms with Crippen LogP contribution in [0.25, 0.3) is 22.9 Å². The second-order valence-corrected chi connectivity index (χ2v) is 25.9. The Labute approximate surface area is 435 Å². The molecule has 14 rings (SSSR count). The maximum absolute atomic E-state index is 13.0. The highest BCUT2D eigenvalue weighted by Gasteiger charge is 2.78. The average molecular weight is 997 g/mol. The number of nitrogens with zero attached hydrogens (tertiary/aromatic N) is 1. The lowest BCUT2D eigenvalue weighted by atomic mass is 9.31. The van der Waals surface area contributed by atoms with Crippen molar-refractivity contribution in [3.63, 3.8) is 0 Å². The van der Waals surface area contributed by atoms with Crippen LogP contribution in [0.4, 0.5) is 0 Å². The molecule has 5 aromatic rings. The number of imidazole rings is 1. The topological polar surface area (TPSA) is 174 Å². The molecule has 2 aliphatic heterocycles. The summed E-state index contributed by atoms with van der Waals surface area (Å²) in [6, 6.07) is 19.2. The molecule has 12 atom stereocenters. The van der Waals surface area contributed by atoms with E-state index < -0.39 is 6.10 Å². The number of hydrogen-bond donors (Lipinski definition) is 9. The fourth-order valence-corrected chi connectivity index (χ4v) is 20.4. The largest absolute Gasteiger partial charge is 0.507 e. The van der Waals surface area contributed by atoms with Crippen LogP contribution in [0.2, 0.25) is 0 Å². The highest BCUT2D eigenvalue weighted by Crippen LogP contribution is 2.79. The maximum Gasteiger partial charge on any atom is 0.169 e. The second-order valence-electron chi connectivity index (χ2n) is 25.9. The molecule has 1 aromatic heterocycles. The summed E-state index contributed by atoms with van der Waals surface area (Å²) in [5.41, 5.74) is 6.21. The Morgan fingerprint density at radius 3 is 2.41 bits per heavy atom. The third-order valence-corrected chi connectivity index (χ3v) is 23.1. The quantitative estimate of drug-likeness (QED) is 0.0437. The number of rotatable bonds is 7. The molecular formula is C64H76N4O6. The van der Waals surface area contributed by atoms with E-state index in [9.17, 15) is 30.6 Å². The first-order valence-corrected chi connectivity index (χ1v) is 28.8. The molecule has 8 fully saturated rings. The highest BCUT2D eigenvalue weighted by molar-refractivity contribution is 6.03. The van der Waals surface area contributed by atoms with Crippen molar-refractivity contribution in [3.8, 4) is 28.7 Å². The number of hydrogen-bond acceptors (Lipinski definition) is 9. The van der Waals surface area contributed by atoms with Crippen molar-refractivity contribution >= 4 is 22.9 Å². The highest BCUT2D eigenvalue weighted by atomic mass is 16.3. The Balaban J connectivity index is 0.855. The molecule has 4 aromatic carbocycles. The number of phenolic OH excluding ortho intramolecular Hbond substituents is 5.